The molecule has 3 rings (SSSR count). The zero-order valence-electron chi connectivity index (χ0n) is 11.6. The van der Waals surface area contributed by atoms with E-state index in [0.717, 1.165) is 17.8 Å². The number of hydrogen-bond donors (Lipinski definition) is 0. The normalized spacial score (nSPS) is 29.5. The van der Waals surface area contributed by atoms with Crippen LogP contribution in [0.25, 0.3) is 0 Å². The van der Waals surface area contributed by atoms with Crippen LogP contribution in [-0.2, 0) is 9.53 Å². The van der Waals surface area contributed by atoms with Gasteiger partial charge in [-0.25, -0.2) is 0 Å². The molecule has 2 saturated heterocycles. The molecule has 0 radical (unpaired) electrons. The Bertz CT molecular complexity index is 699. The molecule has 23 heavy (non-hydrogen) atoms. The first-order valence-corrected chi connectivity index (χ1v) is 8.12. The van der Waals surface area contributed by atoms with Crippen LogP contribution in [0, 0.1) is 20.2 Å². The van der Waals surface area contributed by atoms with Crippen LogP contribution >= 0.6 is 23.4 Å². The summed E-state index contributed by atoms with van der Waals surface area (Å²) in [5.41, 5.74) is -0.694. The van der Waals surface area contributed by atoms with Gasteiger partial charge in [-0.15, -0.1) is 23.4 Å². The number of hydrogen-bond acceptors (Lipinski definition) is 7. The van der Waals surface area contributed by atoms with E-state index in [-0.39, 0.29) is 33.4 Å². The first-order chi connectivity index (χ1) is 10.9. The maximum Gasteiger partial charge on any atom is 0.289 e. The highest BCUT2D eigenvalue weighted by molar-refractivity contribution is 8.00. The minimum Gasteiger partial charge on any atom is -0.364 e. The quantitative estimate of drug-likeness (QED) is 0.462. The van der Waals surface area contributed by atoms with Crippen LogP contribution < -0.4 is 0 Å². The van der Waals surface area contributed by atoms with E-state index in [2.05, 4.69) is 0 Å². The Morgan fingerprint density at radius 2 is 2.00 bits per heavy atom. The van der Waals surface area contributed by atoms with Crippen LogP contribution in [0.15, 0.2) is 23.1 Å². The second kappa shape index (κ2) is 6.06. The topological polar surface area (TPSA) is 113 Å². The number of rotatable bonds is 4. The minimum absolute atomic E-state index is 0.0532. The average Bonchev–Trinajstić information content (AvgIpc) is 2.77. The van der Waals surface area contributed by atoms with Crippen molar-refractivity contribution in [1.29, 1.82) is 0 Å². The number of benzene rings is 1. The fraction of sp³-hybridized carbons (Fsp3) is 0.462. The zero-order chi connectivity index (χ0) is 16.7. The van der Waals surface area contributed by atoms with Crippen LogP contribution in [0.4, 0.5) is 11.4 Å². The Labute approximate surface area is 139 Å². The molecule has 1 aromatic carbocycles. The van der Waals surface area contributed by atoms with Crippen molar-refractivity contribution < 1.29 is 19.4 Å². The van der Waals surface area contributed by atoms with Crippen LogP contribution in [0.5, 0.6) is 0 Å². The number of ketones is 1. The van der Waals surface area contributed by atoms with Gasteiger partial charge in [0, 0.05) is 12.5 Å². The van der Waals surface area contributed by atoms with Gasteiger partial charge in [-0.3, -0.25) is 25.0 Å². The van der Waals surface area contributed by atoms with Gasteiger partial charge >= 0.3 is 0 Å². The summed E-state index contributed by atoms with van der Waals surface area (Å²) in [6, 6.07) is 3.49. The van der Waals surface area contributed by atoms with Gasteiger partial charge < -0.3 is 4.74 Å². The molecule has 8 nitrogen and oxygen atoms in total. The predicted molar refractivity (Wildman–Crippen MR) is 81.9 cm³/mol. The lowest BCUT2D eigenvalue weighted by Crippen LogP contribution is -2.31. The van der Waals surface area contributed by atoms with Crippen molar-refractivity contribution in [2.75, 3.05) is 0 Å². The number of Topliss-reactive ketones (excluding diaryl/α,β-unsaturated/α-hetero) is 1. The number of ether oxygens (including phenoxy) is 1. The van der Waals surface area contributed by atoms with Crippen molar-refractivity contribution in [1.82, 2.24) is 0 Å². The second-order valence-corrected chi connectivity index (χ2v) is 7.02. The van der Waals surface area contributed by atoms with E-state index in [1.165, 1.54) is 12.1 Å². The van der Waals surface area contributed by atoms with Gasteiger partial charge in [0.25, 0.3) is 11.4 Å². The standard InChI is InChI=1S/C13H11ClN2O6S/c14-11-12-8(17)2-3-9(22-12)13(11)23-10-4-1-6(15(18)19)5-7(10)16(20)21/h1,4-5,9,11-13H,2-3H2/t9-,11-,12+,13-/m1/s1. The number of non-ortho nitro benzene ring substituents is 1. The number of thioether (sulfide) groups is 1. The first kappa shape index (κ1) is 16.2. The van der Waals surface area contributed by atoms with E-state index in [1.807, 2.05) is 0 Å². The smallest absolute Gasteiger partial charge is 0.289 e. The molecule has 0 amide bonds. The summed E-state index contributed by atoms with van der Waals surface area (Å²) in [7, 11) is 0. The van der Waals surface area contributed by atoms with Gasteiger partial charge in [0.1, 0.15) is 6.10 Å². The van der Waals surface area contributed by atoms with E-state index in [9.17, 15) is 25.0 Å². The van der Waals surface area contributed by atoms with Gasteiger partial charge in [-0.2, -0.15) is 0 Å². The maximum atomic E-state index is 11.8. The predicted octanol–water partition coefficient (Wildman–Crippen LogP) is 2.70. The first-order valence-electron chi connectivity index (χ1n) is 6.80. The number of nitro groups is 2. The molecule has 0 aliphatic carbocycles. The Balaban J connectivity index is 1.89. The van der Waals surface area contributed by atoms with E-state index < -0.39 is 21.3 Å². The molecule has 2 aliphatic rings. The number of carbonyl (C=O) groups is 1. The SMILES string of the molecule is O=C1CC[C@H]2O[C@@H]1[C@@H](Cl)[C@@H]2Sc1ccc([N+](=O)[O-])cc1[N+](=O)[O-]. The minimum atomic E-state index is -0.684. The van der Waals surface area contributed by atoms with Crippen LogP contribution in [0.2, 0.25) is 0 Å². The molecule has 10 heteroatoms. The van der Waals surface area contributed by atoms with E-state index >= 15 is 0 Å². The molecule has 0 N–H and O–H groups in total. The number of fused-ring (bicyclic) bond motifs is 2. The van der Waals surface area contributed by atoms with E-state index in [4.69, 9.17) is 16.3 Å². The fourth-order valence-corrected chi connectivity index (χ4v) is 4.62. The summed E-state index contributed by atoms with van der Waals surface area (Å²) in [4.78, 5) is 32.6. The van der Waals surface area contributed by atoms with Gasteiger partial charge in [-0.05, 0) is 12.5 Å². The highest BCUT2D eigenvalue weighted by atomic mass is 35.5. The number of nitro benzene ring substituents is 2. The molecule has 4 atom stereocenters. The van der Waals surface area contributed by atoms with Crippen molar-refractivity contribution in [3.63, 3.8) is 0 Å². The second-order valence-electron chi connectivity index (χ2n) is 5.29. The number of carbonyl (C=O) groups excluding carboxylic acids is 1. The van der Waals surface area contributed by atoms with Gasteiger partial charge in [0.15, 0.2) is 5.78 Å². The van der Waals surface area contributed by atoms with E-state index in [0.29, 0.717) is 12.8 Å². The molecule has 0 aromatic heterocycles. The summed E-state index contributed by atoms with van der Waals surface area (Å²) < 4.78 is 5.59. The summed E-state index contributed by atoms with van der Waals surface area (Å²) in [5.74, 6) is -0.0532. The Morgan fingerprint density at radius 1 is 1.26 bits per heavy atom. The van der Waals surface area contributed by atoms with Gasteiger partial charge in [0.2, 0.25) is 0 Å². The summed E-state index contributed by atoms with van der Waals surface area (Å²) in [5, 5.41) is 21.1. The molecule has 1 aromatic rings. The average molecular weight is 359 g/mol. The summed E-state index contributed by atoms with van der Waals surface area (Å²) >= 11 is 7.43. The van der Waals surface area contributed by atoms with Crippen molar-refractivity contribution in [2.24, 2.45) is 0 Å². The van der Waals surface area contributed by atoms with Gasteiger partial charge in [0.05, 0.1) is 37.5 Å². The van der Waals surface area contributed by atoms with E-state index in [1.54, 1.807) is 0 Å². The lowest BCUT2D eigenvalue weighted by molar-refractivity contribution is -0.396. The number of nitrogens with zero attached hydrogens (tertiary/aromatic N) is 2. The molecular weight excluding hydrogens is 348 g/mol. The third-order valence-corrected chi connectivity index (χ3v) is 6.01. The lowest BCUT2D eigenvalue weighted by Gasteiger charge is -2.20. The molecule has 2 heterocycles. The summed E-state index contributed by atoms with van der Waals surface area (Å²) in [6.07, 6.45) is -0.0142. The highest BCUT2D eigenvalue weighted by Gasteiger charge is 2.50. The Morgan fingerprint density at radius 3 is 2.61 bits per heavy atom. The molecular formula is C13H11ClN2O6S. The molecule has 2 bridgehead atoms. The molecule has 0 saturated carbocycles. The lowest BCUT2D eigenvalue weighted by atomic mass is 10.1. The van der Waals surface area contributed by atoms with Gasteiger partial charge in [-0.1, -0.05) is 0 Å². The number of alkyl halides is 1. The zero-order valence-corrected chi connectivity index (χ0v) is 13.2. The molecule has 122 valence electrons. The molecule has 0 unspecified atom stereocenters. The van der Waals surface area contributed by atoms with Crippen molar-refractivity contribution >= 4 is 40.5 Å². The largest absolute Gasteiger partial charge is 0.364 e. The third-order valence-electron chi connectivity index (χ3n) is 3.90. The molecule has 2 aliphatic heterocycles. The Hall–Kier alpha value is -1.71. The van der Waals surface area contributed by atoms with Crippen LogP contribution in [0.1, 0.15) is 12.8 Å². The summed E-state index contributed by atoms with van der Waals surface area (Å²) in [6.45, 7) is 0. The molecule has 2 fully saturated rings. The van der Waals surface area contributed by atoms with Crippen molar-refractivity contribution in [2.45, 2.75) is 40.6 Å². The maximum absolute atomic E-state index is 11.8. The van der Waals surface area contributed by atoms with Crippen LogP contribution in [0.3, 0.4) is 0 Å². The van der Waals surface area contributed by atoms with Crippen LogP contribution in [-0.4, -0.2) is 38.5 Å². The number of halogens is 1. The highest BCUT2D eigenvalue weighted by Crippen LogP contribution is 2.45. The third kappa shape index (κ3) is 2.91. The molecule has 0 spiro atoms. The fourth-order valence-electron chi connectivity index (χ4n) is 2.78. The van der Waals surface area contributed by atoms with Crippen molar-refractivity contribution in [3.05, 3.63) is 38.4 Å². The Kier molecular flexibility index (Phi) is 4.26. The monoisotopic (exact) mass is 358 g/mol. The van der Waals surface area contributed by atoms with Crippen molar-refractivity contribution in [3.8, 4) is 0 Å².